The van der Waals surface area contributed by atoms with Gasteiger partial charge < -0.3 is 14.5 Å². The molecule has 10 heteroatoms. The van der Waals surface area contributed by atoms with Crippen molar-refractivity contribution in [3.63, 3.8) is 0 Å². The Labute approximate surface area is 134 Å². The lowest BCUT2D eigenvalue weighted by Crippen LogP contribution is -2.44. The maximum atomic E-state index is 13.3. The van der Waals surface area contributed by atoms with Crippen molar-refractivity contribution in [2.24, 2.45) is 5.90 Å². The Morgan fingerprint density at radius 3 is 2.74 bits per heavy atom. The van der Waals surface area contributed by atoms with Crippen LogP contribution in [0.3, 0.4) is 0 Å². The average Bonchev–Trinajstić information content (AvgIpc) is 3.21. The molecular formula is C13H17F3N4O2S. The second-order valence-corrected chi connectivity index (χ2v) is 6.79. The number of thiazole rings is 1. The Balaban J connectivity index is 2.03. The van der Waals surface area contributed by atoms with Gasteiger partial charge in [0, 0.05) is 6.54 Å². The largest absolute Gasteiger partial charge is 0.400 e. The molecule has 3 N–H and O–H groups in total. The summed E-state index contributed by atoms with van der Waals surface area (Å²) in [6.45, 7) is 3.37. The summed E-state index contributed by atoms with van der Waals surface area (Å²) < 4.78 is 45.4. The highest BCUT2D eigenvalue weighted by atomic mass is 32.1. The van der Waals surface area contributed by atoms with E-state index in [0.29, 0.717) is 24.8 Å². The van der Waals surface area contributed by atoms with Crippen LogP contribution in [0.5, 0.6) is 0 Å². The molecule has 2 fully saturated rings. The molecule has 0 aromatic carbocycles. The summed E-state index contributed by atoms with van der Waals surface area (Å²) in [5.41, 5.74) is -1.81. The van der Waals surface area contributed by atoms with Crippen LogP contribution in [0.4, 0.5) is 18.2 Å². The van der Waals surface area contributed by atoms with Crippen LogP contribution in [-0.2, 0) is 15.0 Å². The maximum absolute atomic E-state index is 13.3. The minimum absolute atomic E-state index is 0.0181. The molecule has 2 heterocycles. The molecule has 23 heavy (non-hydrogen) atoms. The number of hydrogen-bond acceptors (Lipinski definition) is 7. The molecule has 0 amide bonds. The van der Waals surface area contributed by atoms with Gasteiger partial charge in [0.15, 0.2) is 5.69 Å². The van der Waals surface area contributed by atoms with Gasteiger partial charge in [-0.15, -0.1) is 0 Å². The summed E-state index contributed by atoms with van der Waals surface area (Å²) in [7, 11) is 0. The van der Waals surface area contributed by atoms with Gasteiger partial charge in [0.25, 0.3) is 5.90 Å². The minimum Gasteiger partial charge on any atom is -0.389 e. The van der Waals surface area contributed by atoms with Gasteiger partial charge in [0.2, 0.25) is 0 Å². The second kappa shape index (κ2) is 5.60. The standard InChI is InChI=1S/C13H17F3N4O2S/c1-7-6-21-5-4-20(7)10-8(9(17)22-18)19-11(23-10)12(2-3-12)13(14,15)16/h7,17H,2-6,18H2,1H3/t7-/m1/s1. The first-order valence-electron chi connectivity index (χ1n) is 7.18. The van der Waals surface area contributed by atoms with Crippen molar-refractivity contribution in [2.45, 2.75) is 37.4 Å². The molecule has 0 radical (unpaired) electrons. The van der Waals surface area contributed by atoms with Crippen molar-refractivity contribution in [1.82, 2.24) is 4.98 Å². The van der Waals surface area contributed by atoms with Gasteiger partial charge in [-0.2, -0.15) is 19.1 Å². The Morgan fingerprint density at radius 1 is 1.52 bits per heavy atom. The number of anilines is 1. The van der Waals surface area contributed by atoms with Crippen molar-refractivity contribution >= 4 is 22.2 Å². The molecule has 1 saturated carbocycles. The van der Waals surface area contributed by atoms with Gasteiger partial charge in [-0.25, -0.2) is 4.98 Å². The first-order chi connectivity index (χ1) is 10.8. The van der Waals surface area contributed by atoms with Crippen LogP contribution in [0, 0.1) is 5.41 Å². The number of nitrogens with zero attached hydrogens (tertiary/aromatic N) is 2. The lowest BCUT2D eigenvalue weighted by atomic mass is 10.1. The molecule has 1 aromatic heterocycles. The number of nitrogens with one attached hydrogen (secondary N) is 1. The quantitative estimate of drug-likeness (QED) is 0.496. The highest BCUT2D eigenvalue weighted by molar-refractivity contribution is 7.16. The van der Waals surface area contributed by atoms with E-state index in [1.165, 1.54) is 0 Å². The number of hydrogen-bond donors (Lipinski definition) is 2. The topological polar surface area (TPSA) is 84.5 Å². The van der Waals surface area contributed by atoms with Crippen LogP contribution in [0.1, 0.15) is 30.5 Å². The highest BCUT2D eigenvalue weighted by Crippen LogP contribution is 2.60. The third kappa shape index (κ3) is 2.68. The van der Waals surface area contributed by atoms with Crippen molar-refractivity contribution in [2.75, 3.05) is 24.7 Å². The molecule has 0 bridgehead atoms. The molecule has 1 aromatic rings. The zero-order valence-electron chi connectivity index (χ0n) is 12.4. The van der Waals surface area contributed by atoms with Crippen LogP contribution >= 0.6 is 11.3 Å². The molecular weight excluding hydrogens is 333 g/mol. The van der Waals surface area contributed by atoms with E-state index in [1.807, 2.05) is 11.8 Å². The normalized spacial score (nSPS) is 23.7. The van der Waals surface area contributed by atoms with Gasteiger partial charge in [0.05, 0.1) is 19.3 Å². The number of morpholine rings is 1. The van der Waals surface area contributed by atoms with E-state index in [0.717, 1.165) is 11.3 Å². The zero-order chi connectivity index (χ0) is 16.8. The fourth-order valence-corrected chi connectivity index (χ4v) is 4.15. The molecule has 1 saturated heterocycles. The van der Waals surface area contributed by atoms with Crippen molar-refractivity contribution in [1.29, 1.82) is 5.41 Å². The number of ether oxygens (including phenoxy) is 1. The summed E-state index contributed by atoms with van der Waals surface area (Å²) in [5.74, 6) is 4.60. The molecule has 128 valence electrons. The first kappa shape index (κ1) is 16.5. The summed E-state index contributed by atoms with van der Waals surface area (Å²) in [6.07, 6.45) is -4.29. The van der Waals surface area contributed by atoms with Gasteiger partial charge in [-0.1, -0.05) is 11.3 Å². The highest BCUT2D eigenvalue weighted by Gasteiger charge is 2.66. The van der Waals surface area contributed by atoms with E-state index in [-0.39, 0.29) is 29.6 Å². The summed E-state index contributed by atoms with van der Waals surface area (Å²) >= 11 is 0.973. The van der Waals surface area contributed by atoms with Crippen molar-refractivity contribution < 1.29 is 22.7 Å². The summed E-state index contributed by atoms with van der Waals surface area (Å²) in [4.78, 5) is 10.4. The van der Waals surface area contributed by atoms with Crippen LogP contribution in [0.25, 0.3) is 0 Å². The SMILES string of the molecule is C[C@@H]1COCCN1c1sc(C2(C(F)(F)F)CC2)nc1C(=N)ON. The lowest BCUT2D eigenvalue weighted by molar-refractivity contribution is -0.160. The molecule has 1 aliphatic carbocycles. The van der Waals surface area contributed by atoms with Crippen molar-refractivity contribution in [3.05, 3.63) is 10.7 Å². The van der Waals surface area contributed by atoms with E-state index in [4.69, 9.17) is 16.0 Å². The zero-order valence-corrected chi connectivity index (χ0v) is 13.3. The predicted molar refractivity (Wildman–Crippen MR) is 78.8 cm³/mol. The van der Waals surface area contributed by atoms with Gasteiger partial charge >= 0.3 is 6.18 Å². The van der Waals surface area contributed by atoms with Crippen LogP contribution in [0.15, 0.2) is 0 Å². The molecule has 3 rings (SSSR count). The Kier molecular flexibility index (Phi) is 4.01. The second-order valence-electron chi connectivity index (χ2n) is 5.82. The molecule has 1 aliphatic heterocycles. The van der Waals surface area contributed by atoms with E-state index < -0.39 is 17.5 Å². The van der Waals surface area contributed by atoms with E-state index in [1.54, 1.807) is 0 Å². The monoisotopic (exact) mass is 350 g/mol. The first-order valence-corrected chi connectivity index (χ1v) is 8.00. The van der Waals surface area contributed by atoms with E-state index in [2.05, 4.69) is 9.82 Å². The van der Waals surface area contributed by atoms with Gasteiger partial charge in [0.1, 0.15) is 15.4 Å². The Morgan fingerprint density at radius 2 is 2.22 bits per heavy atom. The average molecular weight is 350 g/mol. The molecule has 6 nitrogen and oxygen atoms in total. The van der Waals surface area contributed by atoms with E-state index in [9.17, 15) is 13.2 Å². The lowest BCUT2D eigenvalue weighted by Gasteiger charge is -2.34. The fourth-order valence-electron chi connectivity index (χ4n) is 2.69. The van der Waals surface area contributed by atoms with Crippen LogP contribution < -0.4 is 10.8 Å². The number of alkyl halides is 3. The number of halogens is 3. The van der Waals surface area contributed by atoms with E-state index >= 15 is 0 Å². The third-order valence-electron chi connectivity index (χ3n) is 4.27. The third-order valence-corrected chi connectivity index (χ3v) is 5.57. The molecule has 1 atom stereocenters. The summed E-state index contributed by atoms with van der Waals surface area (Å²) in [6, 6.07) is -0.0255. The number of aromatic nitrogens is 1. The predicted octanol–water partition coefficient (Wildman–Crippen LogP) is 2.18. The van der Waals surface area contributed by atoms with Gasteiger partial charge in [-0.3, -0.25) is 5.41 Å². The Hall–Kier alpha value is -1.39. The molecule has 0 spiro atoms. The fraction of sp³-hybridized carbons (Fsp3) is 0.692. The van der Waals surface area contributed by atoms with Crippen LogP contribution in [-0.4, -0.2) is 42.9 Å². The summed E-state index contributed by atoms with van der Waals surface area (Å²) in [5, 5.41) is 8.23. The van der Waals surface area contributed by atoms with Crippen LogP contribution in [0.2, 0.25) is 0 Å². The van der Waals surface area contributed by atoms with Gasteiger partial charge in [-0.05, 0) is 19.8 Å². The van der Waals surface area contributed by atoms with Crippen molar-refractivity contribution in [3.8, 4) is 0 Å². The Bertz CT molecular complexity index is 615. The number of nitrogens with two attached hydrogens (primary N) is 1. The molecule has 0 unspecified atom stereocenters. The smallest absolute Gasteiger partial charge is 0.389 e. The number of rotatable bonds is 3. The molecule has 2 aliphatic rings. The minimum atomic E-state index is -4.35. The maximum Gasteiger partial charge on any atom is 0.400 e.